The number of anilines is 1. The van der Waals surface area contributed by atoms with Crippen LogP contribution >= 0.6 is 0 Å². The van der Waals surface area contributed by atoms with Crippen molar-refractivity contribution in [3.8, 4) is 0 Å². The van der Waals surface area contributed by atoms with Gasteiger partial charge in [0.05, 0.1) is 4.92 Å². The lowest BCUT2D eigenvalue weighted by Gasteiger charge is -2.33. The maximum absolute atomic E-state index is 10.9. The summed E-state index contributed by atoms with van der Waals surface area (Å²) >= 11 is 0. The van der Waals surface area contributed by atoms with Crippen molar-refractivity contribution in [2.24, 2.45) is 5.92 Å². The summed E-state index contributed by atoms with van der Waals surface area (Å²) in [5, 5.41) is 14.3. The van der Waals surface area contributed by atoms with E-state index in [2.05, 4.69) is 29.0 Å². The molecule has 0 amide bonds. The van der Waals surface area contributed by atoms with E-state index in [0.29, 0.717) is 17.7 Å². The Morgan fingerprint density at radius 2 is 2.10 bits per heavy atom. The quantitative estimate of drug-likeness (QED) is 0.667. The fourth-order valence-electron chi connectivity index (χ4n) is 2.80. The Balaban J connectivity index is 2.17. The number of nitro groups is 1. The molecule has 1 aliphatic rings. The molecule has 0 atom stereocenters. The van der Waals surface area contributed by atoms with Crippen LogP contribution in [0.5, 0.6) is 0 Å². The van der Waals surface area contributed by atoms with Crippen LogP contribution < -0.4 is 10.2 Å². The van der Waals surface area contributed by atoms with Gasteiger partial charge in [0.2, 0.25) is 0 Å². The zero-order valence-electron chi connectivity index (χ0n) is 13.0. The molecule has 1 fully saturated rings. The van der Waals surface area contributed by atoms with E-state index in [1.54, 1.807) is 19.1 Å². The van der Waals surface area contributed by atoms with Crippen LogP contribution in [0.3, 0.4) is 0 Å². The van der Waals surface area contributed by atoms with Gasteiger partial charge in [0.15, 0.2) is 0 Å². The second-order valence-electron chi connectivity index (χ2n) is 5.97. The molecule has 0 unspecified atom stereocenters. The molecule has 6 nitrogen and oxygen atoms in total. The van der Waals surface area contributed by atoms with Crippen LogP contribution in [0.1, 0.15) is 32.4 Å². The molecule has 21 heavy (non-hydrogen) atoms. The number of hydrogen-bond donors (Lipinski definition) is 1. The summed E-state index contributed by atoms with van der Waals surface area (Å²) in [4.78, 5) is 17.2. The van der Waals surface area contributed by atoms with Crippen molar-refractivity contribution in [3.63, 3.8) is 0 Å². The maximum atomic E-state index is 10.9. The fourth-order valence-corrected chi connectivity index (χ4v) is 2.80. The topological polar surface area (TPSA) is 71.3 Å². The first-order valence-electron chi connectivity index (χ1n) is 7.58. The second kappa shape index (κ2) is 6.85. The van der Waals surface area contributed by atoms with E-state index < -0.39 is 0 Å². The normalized spacial score (nSPS) is 16.2. The highest BCUT2D eigenvalue weighted by atomic mass is 16.6. The molecule has 6 heteroatoms. The van der Waals surface area contributed by atoms with Gasteiger partial charge in [-0.3, -0.25) is 10.1 Å². The van der Waals surface area contributed by atoms with E-state index in [-0.39, 0.29) is 10.6 Å². The van der Waals surface area contributed by atoms with Crippen LogP contribution in [0.15, 0.2) is 12.1 Å². The van der Waals surface area contributed by atoms with Gasteiger partial charge in [0.1, 0.15) is 11.5 Å². The van der Waals surface area contributed by atoms with Gasteiger partial charge in [-0.15, -0.1) is 0 Å². The maximum Gasteiger partial charge on any atom is 0.290 e. The molecule has 1 aliphatic heterocycles. The number of aryl methyl sites for hydroxylation is 1. The van der Waals surface area contributed by atoms with Crippen LogP contribution in [0.4, 0.5) is 11.5 Å². The standard InChI is InChI=1S/C15H24N4O2/c1-11(2)18(10-13-6-8-16-9-7-13)15-5-4-14(19(20)21)12(3)17-15/h4-5,11,13,16H,6-10H2,1-3H3. The lowest BCUT2D eigenvalue weighted by atomic mass is 9.97. The molecule has 1 aromatic rings. The van der Waals surface area contributed by atoms with Gasteiger partial charge in [0.25, 0.3) is 5.69 Å². The van der Waals surface area contributed by atoms with E-state index in [0.717, 1.165) is 25.5 Å². The Kier molecular flexibility index (Phi) is 5.12. The third-order valence-electron chi connectivity index (χ3n) is 4.07. The number of nitrogens with zero attached hydrogens (tertiary/aromatic N) is 3. The van der Waals surface area contributed by atoms with Gasteiger partial charge >= 0.3 is 0 Å². The minimum atomic E-state index is -0.376. The number of hydrogen-bond acceptors (Lipinski definition) is 5. The number of aromatic nitrogens is 1. The van der Waals surface area contributed by atoms with Crippen LogP contribution in [0, 0.1) is 23.0 Å². The summed E-state index contributed by atoms with van der Waals surface area (Å²) in [7, 11) is 0. The van der Waals surface area contributed by atoms with E-state index >= 15 is 0 Å². The van der Waals surface area contributed by atoms with Crippen LogP contribution in [-0.4, -0.2) is 35.6 Å². The van der Waals surface area contributed by atoms with Crippen LogP contribution in [-0.2, 0) is 0 Å². The molecule has 0 saturated carbocycles. The van der Waals surface area contributed by atoms with Crippen LogP contribution in [0.25, 0.3) is 0 Å². The Hall–Kier alpha value is -1.69. The highest BCUT2D eigenvalue weighted by Gasteiger charge is 2.21. The number of pyridine rings is 1. The van der Waals surface area contributed by atoms with E-state index in [1.807, 2.05) is 0 Å². The lowest BCUT2D eigenvalue weighted by molar-refractivity contribution is -0.385. The summed E-state index contributed by atoms with van der Waals surface area (Å²) < 4.78 is 0. The monoisotopic (exact) mass is 292 g/mol. The first kappa shape index (κ1) is 15.7. The molecule has 2 rings (SSSR count). The van der Waals surface area contributed by atoms with Gasteiger partial charge < -0.3 is 10.2 Å². The SMILES string of the molecule is Cc1nc(N(CC2CCNCC2)C(C)C)ccc1[N+](=O)[O-]. The Bertz CT molecular complexity index is 498. The highest BCUT2D eigenvalue weighted by Crippen LogP contribution is 2.24. The Labute approximate surface area is 125 Å². The van der Waals surface area contributed by atoms with Crippen LogP contribution in [0.2, 0.25) is 0 Å². The first-order valence-corrected chi connectivity index (χ1v) is 7.58. The molecule has 1 aromatic heterocycles. The molecule has 2 heterocycles. The van der Waals surface area contributed by atoms with Gasteiger partial charge in [-0.2, -0.15) is 0 Å². The molecular weight excluding hydrogens is 268 g/mol. The molecule has 1 N–H and O–H groups in total. The number of piperidine rings is 1. The average Bonchev–Trinajstić information content (AvgIpc) is 2.45. The molecule has 0 aromatic carbocycles. The first-order chi connectivity index (χ1) is 9.99. The molecular formula is C15H24N4O2. The van der Waals surface area contributed by atoms with Crippen molar-refractivity contribution in [1.82, 2.24) is 10.3 Å². The van der Waals surface area contributed by atoms with E-state index in [1.165, 1.54) is 12.8 Å². The Morgan fingerprint density at radius 3 is 2.62 bits per heavy atom. The van der Waals surface area contributed by atoms with E-state index in [4.69, 9.17) is 0 Å². The van der Waals surface area contributed by atoms with Crippen molar-refractivity contribution in [1.29, 1.82) is 0 Å². The molecule has 0 bridgehead atoms. The largest absolute Gasteiger partial charge is 0.354 e. The van der Waals surface area contributed by atoms with Gasteiger partial charge in [-0.1, -0.05) is 0 Å². The third kappa shape index (κ3) is 3.91. The van der Waals surface area contributed by atoms with E-state index in [9.17, 15) is 10.1 Å². The van der Waals surface area contributed by atoms with Crippen molar-refractivity contribution < 1.29 is 4.92 Å². The molecule has 1 saturated heterocycles. The second-order valence-corrected chi connectivity index (χ2v) is 5.97. The van der Waals surface area contributed by atoms with Gasteiger partial charge in [0, 0.05) is 18.7 Å². The van der Waals surface area contributed by atoms with Crippen molar-refractivity contribution in [2.75, 3.05) is 24.5 Å². The molecule has 0 aliphatic carbocycles. The zero-order chi connectivity index (χ0) is 15.4. The molecule has 116 valence electrons. The Morgan fingerprint density at radius 1 is 1.43 bits per heavy atom. The summed E-state index contributed by atoms with van der Waals surface area (Å²) in [6, 6.07) is 3.66. The van der Waals surface area contributed by atoms with Crippen molar-refractivity contribution in [2.45, 2.75) is 39.7 Å². The predicted molar refractivity (Wildman–Crippen MR) is 83.7 cm³/mol. The highest BCUT2D eigenvalue weighted by molar-refractivity contribution is 5.47. The summed E-state index contributed by atoms with van der Waals surface area (Å²) in [6.07, 6.45) is 2.35. The minimum Gasteiger partial charge on any atom is -0.354 e. The van der Waals surface area contributed by atoms with Gasteiger partial charge in [-0.25, -0.2) is 4.98 Å². The van der Waals surface area contributed by atoms with Crippen molar-refractivity contribution >= 4 is 11.5 Å². The minimum absolute atomic E-state index is 0.0873. The average molecular weight is 292 g/mol. The fraction of sp³-hybridized carbons (Fsp3) is 0.667. The smallest absolute Gasteiger partial charge is 0.290 e. The summed E-state index contributed by atoms with van der Waals surface area (Å²) in [5.41, 5.74) is 0.567. The summed E-state index contributed by atoms with van der Waals surface area (Å²) in [6.45, 7) is 9.08. The predicted octanol–water partition coefficient (Wildman–Crippen LogP) is 2.51. The molecule has 0 radical (unpaired) electrons. The summed E-state index contributed by atoms with van der Waals surface area (Å²) in [5.74, 6) is 1.50. The van der Waals surface area contributed by atoms with Crippen molar-refractivity contribution in [3.05, 3.63) is 27.9 Å². The molecule has 0 spiro atoms. The number of nitrogens with one attached hydrogen (secondary N) is 1. The number of rotatable bonds is 5. The zero-order valence-corrected chi connectivity index (χ0v) is 13.0. The van der Waals surface area contributed by atoms with Gasteiger partial charge in [-0.05, 0) is 58.7 Å². The lowest BCUT2D eigenvalue weighted by Crippen LogP contribution is -2.40. The third-order valence-corrected chi connectivity index (χ3v) is 4.07.